The summed E-state index contributed by atoms with van der Waals surface area (Å²) >= 11 is 0. The molecule has 7 nitrogen and oxygen atoms in total. The van der Waals surface area contributed by atoms with E-state index in [0.29, 0.717) is 5.69 Å². The first kappa shape index (κ1) is 18.7. The summed E-state index contributed by atoms with van der Waals surface area (Å²) in [7, 11) is 1.67. The molecule has 1 unspecified atom stereocenters. The van der Waals surface area contributed by atoms with Crippen LogP contribution in [0, 0.1) is 5.41 Å². The van der Waals surface area contributed by atoms with E-state index >= 15 is 0 Å². The summed E-state index contributed by atoms with van der Waals surface area (Å²) in [5.41, 5.74) is 7.08. The zero-order valence-electron chi connectivity index (χ0n) is 16.9. The molecule has 0 saturated heterocycles. The molecule has 28 heavy (non-hydrogen) atoms. The van der Waals surface area contributed by atoms with E-state index < -0.39 is 5.60 Å². The molecule has 3 fully saturated rings. The summed E-state index contributed by atoms with van der Waals surface area (Å²) in [6.07, 6.45) is 5.87. The number of methoxy groups -OCH3 is 1. The monoisotopic (exact) mass is 384 g/mol. The molecule has 1 heterocycles. The number of hydrogen-bond donors (Lipinski definition) is 2. The number of nitrogens with two attached hydrogens (primary N) is 1. The molecule has 3 saturated carbocycles. The molecule has 3 aliphatic rings. The molecule has 150 valence electrons. The van der Waals surface area contributed by atoms with Crippen LogP contribution in [0.25, 0.3) is 0 Å². The van der Waals surface area contributed by atoms with Gasteiger partial charge < -0.3 is 20.5 Å². The number of amides is 1. The predicted octanol–water partition coefficient (Wildman–Crippen LogP) is 3.51. The number of nitrogens with one attached hydrogen (secondary N) is 1. The maximum atomic E-state index is 12.2. The van der Waals surface area contributed by atoms with Gasteiger partial charge in [-0.05, 0) is 57.7 Å². The van der Waals surface area contributed by atoms with E-state index in [1.807, 2.05) is 43.8 Å². The van der Waals surface area contributed by atoms with Gasteiger partial charge in [0.05, 0.1) is 25.0 Å². The van der Waals surface area contributed by atoms with Gasteiger partial charge in [0.15, 0.2) is 0 Å². The van der Waals surface area contributed by atoms with Crippen LogP contribution in [-0.4, -0.2) is 34.1 Å². The standard InChI is InChI=1S/C21H28N4O3/c1-19(2,3)28-18(26)24-21-11-20(12-21,13-21)17(25-10-15(22)9-23-25)14-6-5-7-16(8-14)27-4/h5-10,17H,11-13,22H2,1-4H3,(H,24,26). The number of benzene rings is 1. The van der Waals surface area contributed by atoms with Crippen LogP contribution >= 0.6 is 0 Å². The van der Waals surface area contributed by atoms with E-state index in [-0.39, 0.29) is 23.1 Å². The van der Waals surface area contributed by atoms with Crippen LogP contribution in [0.15, 0.2) is 36.7 Å². The number of carbonyl (C=O) groups excluding carboxylic acids is 1. The number of carbonyl (C=O) groups is 1. The van der Waals surface area contributed by atoms with Crippen molar-refractivity contribution >= 4 is 11.8 Å². The maximum absolute atomic E-state index is 12.2. The fourth-order valence-corrected chi connectivity index (χ4v) is 4.90. The SMILES string of the molecule is COc1cccc(C(n2cc(N)cn2)C23CC(NC(=O)OC(C)(C)C)(C2)C3)c1. The zero-order valence-corrected chi connectivity index (χ0v) is 16.9. The quantitative estimate of drug-likeness (QED) is 0.823. The molecular formula is C21H28N4O3. The minimum atomic E-state index is -0.499. The molecule has 3 aliphatic carbocycles. The molecule has 1 aromatic heterocycles. The summed E-state index contributed by atoms with van der Waals surface area (Å²) in [5, 5.41) is 7.58. The van der Waals surface area contributed by atoms with Gasteiger partial charge in [0.25, 0.3) is 0 Å². The van der Waals surface area contributed by atoms with E-state index in [0.717, 1.165) is 30.6 Å². The average molecular weight is 384 g/mol. The van der Waals surface area contributed by atoms with Crippen LogP contribution < -0.4 is 15.8 Å². The first-order valence-electron chi connectivity index (χ1n) is 9.59. The summed E-state index contributed by atoms with van der Waals surface area (Å²) in [5.74, 6) is 0.816. The number of ether oxygens (including phenoxy) is 2. The van der Waals surface area contributed by atoms with Gasteiger partial charge in [-0.3, -0.25) is 4.68 Å². The fraction of sp³-hybridized carbons (Fsp3) is 0.524. The number of rotatable bonds is 5. The summed E-state index contributed by atoms with van der Waals surface area (Å²) in [4.78, 5) is 12.2. The van der Waals surface area contributed by atoms with Crippen molar-refractivity contribution < 1.29 is 14.3 Å². The Balaban J connectivity index is 1.55. The molecular weight excluding hydrogens is 356 g/mol. The first-order chi connectivity index (χ1) is 13.1. The Kier molecular flexibility index (Phi) is 4.10. The number of aromatic nitrogens is 2. The van der Waals surface area contributed by atoms with E-state index in [1.165, 1.54) is 0 Å². The van der Waals surface area contributed by atoms with E-state index in [2.05, 4.69) is 22.5 Å². The van der Waals surface area contributed by atoms with E-state index in [4.69, 9.17) is 15.2 Å². The molecule has 1 atom stereocenters. The lowest BCUT2D eigenvalue weighted by Gasteiger charge is -2.72. The van der Waals surface area contributed by atoms with Gasteiger partial charge in [-0.15, -0.1) is 0 Å². The van der Waals surface area contributed by atoms with Crippen molar-refractivity contribution in [3.63, 3.8) is 0 Å². The summed E-state index contributed by atoms with van der Waals surface area (Å²) < 4.78 is 12.8. The van der Waals surface area contributed by atoms with Crippen LogP contribution in [0.4, 0.5) is 10.5 Å². The molecule has 1 amide bonds. The van der Waals surface area contributed by atoms with Gasteiger partial charge in [-0.2, -0.15) is 5.10 Å². The first-order valence-corrected chi connectivity index (χ1v) is 9.59. The Morgan fingerprint density at radius 2 is 2.04 bits per heavy atom. The number of alkyl carbamates (subject to hydrolysis) is 1. The Hall–Kier alpha value is -2.70. The van der Waals surface area contributed by atoms with Gasteiger partial charge in [0, 0.05) is 17.2 Å². The summed E-state index contributed by atoms with van der Waals surface area (Å²) in [6.45, 7) is 5.62. The topological polar surface area (TPSA) is 91.4 Å². The Labute approximate surface area is 165 Å². The lowest BCUT2D eigenvalue weighted by Crippen LogP contribution is -2.76. The second kappa shape index (κ2) is 6.15. The normalized spacial score (nSPS) is 26.6. The molecule has 0 radical (unpaired) electrons. The van der Waals surface area contributed by atoms with Crippen LogP contribution in [0.3, 0.4) is 0 Å². The van der Waals surface area contributed by atoms with Gasteiger partial charge in [-0.1, -0.05) is 12.1 Å². The molecule has 0 aliphatic heterocycles. The molecule has 2 bridgehead atoms. The predicted molar refractivity (Wildman–Crippen MR) is 106 cm³/mol. The highest BCUT2D eigenvalue weighted by Crippen LogP contribution is 2.72. The van der Waals surface area contributed by atoms with Crippen molar-refractivity contribution in [3.8, 4) is 5.75 Å². The second-order valence-electron chi connectivity index (χ2n) is 9.23. The van der Waals surface area contributed by atoms with Crippen LogP contribution in [0.5, 0.6) is 5.75 Å². The van der Waals surface area contributed by atoms with Crippen molar-refractivity contribution in [2.24, 2.45) is 5.41 Å². The van der Waals surface area contributed by atoms with Crippen molar-refractivity contribution in [2.75, 3.05) is 12.8 Å². The van der Waals surface area contributed by atoms with Crippen molar-refractivity contribution in [2.45, 2.75) is 57.2 Å². The number of anilines is 1. The van der Waals surface area contributed by atoms with Gasteiger partial charge in [0.1, 0.15) is 11.4 Å². The van der Waals surface area contributed by atoms with Gasteiger partial charge in [-0.25, -0.2) is 4.79 Å². The number of nitrogens with zero attached hydrogens (tertiary/aromatic N) is 2. The highest BCUT2D eigenvalue weighted by molar-refractivity contribution is 5.70. The smallest absolute Gasteiger partial charge is 0.408 e. The Morgan fingerprint density at radius 1 is 1.32 bits per heavy atom. The van der Waals surface area contributed by atoms with E-state index in [1.54, 1.807) is 13.3 Å². The molecule has 7 heteroatoms. The zero-order chi connectivity index (χ0) is 20.2. The third kappa shape index (κ3) is 3.19. The largest absolute Gasteiger partial charge is 0.497 e. The maximum Gasteiger partial charge on any atom is 0.408 e. The third-order valence-electron chi connectivity index (χ3n) is 5.71. The summed E-state index contributed by atoms with van der Waals surface area (Å²) in [6, 6.07) is 8.12. The third-order valence-corrected chi connectivity index (χ3v) is 5.71. The highest BCUT2D eigenvalue weighted by Gasteiger charge is 2.72. The lowest BCUT2D eigenvalue weighted by atomic mass is 9.36. The van der Waals surface area contributed by atoms with Gasteiger partial charge in [0.2, 0.25) is 0 Å². The Morgan fingerprint density at radius 3 is 2.61 bits per heavy atom. The molecule has 3 N–H and O–H groups in total. The second-order valence-corrected chi connectivity index (χ2v) is 9.23. The van der Waals surface area contributed by atoms with E-state index in [9.17, 15) is 4.79 Å². The number of hydrogen-bond acceptors (Lipinski definition) is 5. The Bertz CT molecular complexity index is 879. The van der Waals surface area contributed by atoms with Crippen molar-refractivity contribution in [3.05, 3.63) is 42.2 Å². The van der Waals surface area contributed by atoms with Crippen LogP contribution in [-0.2, 0) is 4.74 Å². The molecule has 0 spiro atoms. The lowest BCUT2D eigenvalue weighted by molar-refractivity contribution is -0.175. The van der Waals surface area contributed by atoms with Crippen LogP contribution in [0.1, 0.15) is 51.6 Å². The molecule has 1 aromatic carbocycles. The van der Waals surface area contributed by atoms with Crippen LogP contribution in [0.2, 0.25) is 0 Å². The number of nitrogen functional groups attached to an aromatic ring is 1. The molecule has 2 aromatic rings. The van der Waals surface area contributed by atoms with Crippen molar-refractivity contribution in [1.82, 2.24) is 15.1 Å². The fourth-order valence-electron chi connectivity index (χ4n) is 4.90. The average Bonchev–Trinajstić information content (AvgIpc) is 2.96. The van der Waals surface area contributed by atoms with Crippen molar-refractivity contribution in [1.29, 1.82) is 0 Å². The van der Waals surface area contributed by atoms with Gasteiger partial charge >= 0.3 is 6.09 Å². The minimum Gasteiger partial charge on any atom is -0.497 e. The molecule has 5 rings (SSSR count). The highest BCUT2D eigenvalue weighted by atomic mass is 16.6. The minimum absolute atomic E-state index is 0.0415.